The zero-order valence-corrected chi connectivity index (χ0v) is 16.2. The highest BCUT2D eigenvalue weighted by atomic mass is 35.5. The van der Waals surface area contributed by atoms with Gasteiger partial charge in [-0.25, -0.2) is 0 Å². The molecule has 1 unspecified atom stereocenters. The first kappa shape index (κ1) is 20.5. The molecule has 0 aliphatic heterocycles. The highest BCUT2D eigenvalue weighted by Crippen LogP contribution is 2.22. The number of anilines is 1. The van der Waals surface area contributed by atoms with Gasteiger partial charge in [0.25, 0.3) is 0 Å². The van der Waals surface area contributed by atoms with Crippen LogP contribution in [0.15, 0.2) is 42.9 Å². The third-order valence-corrected chi connectivity index (χ3v) is 4.24. The standard InChI is InChI=1S/C18H22N6O2.ClH/c1-19-16(25)11-24-7-6-12-4-5-14(8-15(12)24)22-18(26)17(20-2)13-9-21-23(3)10-13;/h4-10,17,20H,11H2,1-3H3,(H,19,25)(H,22,26);1H. The molecular formula is C18H23ClN6O2. The molecule has 3 N–H and O–H groups in total. The van der Waals surface area contributed by atoms with Gasteiger partial charge < -0.3 is 20.5 Å². The summed E-state index contributed by atoms with van der Waals surface area (Å²) in [5.41, 5.74) is 2.34. The van der Waals surface area contributed by atoms with Crippen LogP contribution in [0.3, 0.4) is 0 Å². The van der Waals surface area contributed by atoms with Crippen LogP contribution in [0.4, 0.5) is 5.69 Å². The van der Waals surface area contributed by atoms with Crippen molar-refractivity contribution in [3.8, 4) is 0 Å². The SMILES string of the molecule is CNC(=O)Cn1ccc2ccc(NC(=O)C(NC)c3cnn(C)c3)cc21.Cl. The summed E-state index contributed by atoms with van der Waals surface area (Å²) in [6.45, 7) is 0.228. The molecule has 1 aromatic carbocycles. The van der Waals surface area contributed by atoms with Crippen LogP contribution in [0.5, 0.6) is 0 Å². The summed E-state index contributed by atoms with van der Waals surface area (Å²) in [5, 5.41) is 13.7. The van der Waals surface area contributed by atoms with E-state index in [1.807, 2.05) is 42.1 Å². The molecular weight excluding hydrogens is 368 g/mol. The molecule has 144 valence electrons. The molecule has 0 saturated heterocycles. The fourth-order valence-electron chi connectivity index (χ4n) is 2.89. The van der Waals surface area contributed by atoms with Crippen LogP contribution in [0.2, 0.25) is 0 Å². The molecule has 1 atom stereocenters. The zero-order valence-electron chi connectivity index (χ0n) is 15.4. The average molecular weight is 391 g/mol. The van der Waals surface area contributed by atoms with Gasteiger partial charge in [0.05, 0.1) is 11.7 Å². The number of nitrogens with one attached hydrogen (secondary N) is 3. The van der Waals surface area contributed by atoms with Gasteiger partial charge in [0.2, 0.25) is 11.8 Å². The molecule has 0 saturated carbocycles. The molecule has 2 aromatic heterocycles. The smallest absolute Gasteiger partial charge is 0.246 e. The van der Waals surface area contributed by atoms with Gasteiger partial charge in [-0.1, -0.05) is 6.07 Å². The van der Waals surface area contributed by atoms with Crippen molar-refractivity contribution < 1.29 is 9.59 Å². The molecule has 0 radical (unpaired) electrons. The van der Waals surface area contributed by atoms with Gasteiger partial charge in [-0.2, -0.15) is 5.10 Å². The van der Waals surface area contributed by atoms with E-state index in [1.165, 1.54) is 0 Å². The molecule has 9 heteroatoms. The van der Waals surface area contributed by atoms with Crippen LogP contribution in [-0.4, -0.2) is 40.3 Å². The Bertz CT molecular complexity index is 948. The van der Waals surface area contributed by atoms with Gasteiger partial charge in [0, 0.05) is 37.7 Å². The second-order valence-electron chi connectivity index (χ2n) is 6.05. The van der Waals surface area contributed by atoms with Crippen LogP contribution in [0.1, 0.15) is 11.6 Å². The molecule has 2 heterocycles. The number of rotatable bonds is 6. The zero-order chi connectivity index (χ0) is 18.7. The lowest BCUT2D eigenvalue weighted by Gasteiger charge is -2.15. The number of halogens is 1. The lowest BCUT2D eigenvalue weighted by atomic mass is 10.1. The Kier molecular flexibility index (Phi) is 6.59. The number of carbonyl (C=O) groups excluding carboxylic acids is 2. The maximum absolute atomic E-state index is 12.7. The van der Waals surface area contributed by atoms with E-state index in [4.69, 9.17) is 0 Å². The summed E-state index contributed by atoms with van der Waals surface area (Å²) in [6.07, 6.45) is 5.33. The predicted molar refractivity (Wildman–Crippen MR) is 107 cm³/mol. The monoisotopic (exact) mass is 390 g/mol. The largest absolute Gasteiger partial charge is 0.358 e. The first-order valence-electron chi connectivity index (χ1n) is 8.28. The van der Waals surface area contributed by atoms with Crippen molar-refractivity contribution in [3.05, 3.63) is 48.4 Å². The van der Waals surface area contributed by atoms with Crippen molar-refractivity contribution in [3.63, 3.8) is 0 Å². The Labute approximate surface area is 163 Å². The lowest BCUT2D eigenvalue weighted by molar-refractivity contribution is -0.121. The van der Waals surface area contributed by atoms with E-state index < -0.39 is 6.04 Å². The van der Waals surface area contributed by atoms with E-state index in [-0.39, 0.29) is 30.8 Å². The number of likely N-dealkylation sites (N-methyl/N-ethyl adjacent to an activating group) is 2. The average Bonchev–Trinajstić information content (AvgIpc) is 3.22. The number of amides is 2. The minimum atomic E-state index is -0.503. The number of carbonyl (C=O) groups is 2. The maximum Gasteiger partial charge on any atom is 0.246 e. The maximum atomic E-state index is 12.7. The predicted octanol–water partition coefficient (Wildman–Crippen LogP) is 1.44. The summed E-state index contributed by atoms with van der Waals surface area (Å²) in [6, 6.07) is 7.07. The van der Waals surface area contributed by atoms with Crippen LogP contribution >= 0.6 is 12.4 Å². The minimum absolute atomic E-state index is 0. The van der Waals surface area contributed by atoms with Crippen molar-refractivity contribution in [2.75, 3.05) is 19.4 Å². The fourth-order valence-corrected chi connectivity index (χ4v) is 2.89. The van der Waals surface area contributed by atoms with Crippen molar-refractivity contribution in [1.29, 1.82) is 0 Å². The quantitative estimate of drug-likeness (QED) is 0.593. The second-order valence-corrected chi connectivity index (χ2v) is 6.05. The third-order valence-electron chi connectivity index (χ3n) is 4.24. The molecule has 0 aliphatic carbocycles. The van der Waals surface area contributed by atoms with Gasteiger partial charge >= 0.3 is 0 Å². The van der Waals surface area contributed by atoms with Crippen LogP contribution in [0.25, 0.3) is 10.9 Å². The van der Waals surface area contributed by atoms with E-state index >= 15 is 0 Å². The lowest BCUT2D eigenvalue weighted by Crippen LogP contribution is -2.30. The van der Waals surface area contributed by atoms with Crippen molar-refractivity contribution in [2.45, 2.75) is 12.6 Å². The Morgan fingerprint density at radius 3 is 2.63 bits per heavy atom. The topological polar surface area (TPSA) is 93.0 Å². The van der Waals surface area contributed by atoms with Gasteiger partial charge in [0.1, 0.15) is 12.6 Å². The third kappa shape index (κ3) is 4.47. The fraction of sp³-hybridized carbons (Fsp3) is 0.278. The number of aryl methyl sites for hydroxylation is 1. The van der Waals surface area contributed by atoms with Crippen molar-refractivity contribution in [1.82, 2.24) is 25.0 Å². The highest BCUT2D eigenvalue weighted by Gasteiger charge is 2.20. The van der Waals surface area contributed by atoms with Crippen LogP contribution < -0.4 is 16.0 Å². The number of hydrogen-bond donors (Lipinski definition) is 3. The summed E-state index contributed by atoms with van der Waals surface area (Å²) in [5.74, 6) is -0.256. The Morgan fingerprint density at radius 1 is 1.22 bits per heavy atom. The van der Waals surface area contributed by atoms with Gasteiger partial charge in [-0.3, -0.25) is 14.3 Å². The Hall–Kier alpha value is -2.84. The van der Waals surface area contributed by atoms with Gasteiger partial charge in [0.15, 0.2) is 0 Å². The van der Waals surface area contributed by atoms with E-state index in [2.05, 4.69) is 21.0 Å². The van der Waals surface area contributed by atoms with Crippen molar-refractivity contribution in [2.24, 2.45) is 7.05 Å². The van der Waals surface area contributed by atoms with E-state index in [0.29, 0.717) is 5.69 Å². The highest BCUT2D eigenvalue weighted by molar-refractivity contribution is 5.97. The van der Waals surface area contributed by atoms with Crippen LogP contribution in [0, 0.1) is 0 Å². The number of hydrogen-bond acceptors (Lipinski definition) is 4. The molecule has 3 aromatic rings. The molecule has 8 nitrogen and oxygen atoms in total. The Balaban J connectivity index is 0.00000261. The molecule has 27 heavy (non-hydrogen) atoms. The summed E-state index contributed by atoms with van der Waals surface area (Å²) in [4.78, 5) is 24.3. The molecule has 3 rings (SSSR count). The molecule has 0 aliphatic rings. The normalized spacial score (nSPS) is 11.7. The van der Waals surface area contributed by atoms with Gasteiger partial charge in [-0.15, -0.1) is 12.4 Å². The number of benzene rings is 1. The number of fused-ring (bicyclic) bond motifs is 1. The molecule has 0 spiro atoms. The first-order valence-corrected chi connectivity index (χ1v) is 8.28. The number of nitrogens with zero attached hydrogens (tertiary/aromatic N) is 3. The first-order chi connectivity index (χ1) is 12.5. The van der Waals surface area contributed by atoms with Crippen molar-refractivity contribution >= 4 is 40.8 Å². The second kappa shape index (κ2) is 8.70. The van der Waals surface area contributed by atoms with Gasteiger partial charge in [-0.05, 0) is 30.6 Å². The molecule has 0 bridgehead atoms. The minimum Gasteiger partial charge on any atom is -0.358 e. The molecule has 2 amide bonds. The summed E-state index contributed by atoms with van der Waals surface area (Å²) < 4.78 is 3.51. The molecule has 0 fully saturated rings. The van der Waals surface area contributed by atoms with E-state index in [9.17, 15) is 9.59 Å². The van der Waals surface area contributed by atoms with Crippen LogP contribution in [-0.2, 0) is 23.2 Å². The summed E-state index contributed by atoms with van der Waals surface area (Å²) in [7, 11) is 5.15. The Morgan fingerprint density at radius 2 is 2.00 bits per heavy atom. The summed E-state index contributed by atoms with van der Waals surface area (Å²) >= 11 is 0. The number of aromatic nitrogens is 3. The van der Waals surface area contributed by atoms with E-state index in [1.54, 1.807) is 31.2 Å². The van der Waals surface area contributed by atoms with E-state index in [0.717, 1.165) is 16.5 Å².